The Morgan fingerprint density at radius 1 is 1.11 bits per heavy atom. The predicted octanol–water partition coefficient (Wildman–Crippen LogP) is 5.77. The van der Waals surface area contributed by atoms with Gasteiger partial charge in [-0.15, -0.1) is 0 Å². The van der Waals surface area contributed by atoms with E-state index in [-0.39, 0.29) is 12.0 Å². The fourth-order valence-corrected chi connectivity index (χ4v) is 6.29. The molecule has 4 nitrogen and oxygen atoms in total. The first-order chi connectivity index (χ1) is 13.4. The lowest BCUT2D eigenvalue weighted by molar-refractivity contribution is -0.112. The maximum Gasteiger partial charge on any atom is 0.192 e. The summed E-state index contributed by atoms with van der Waals surface area (Å²) < 4.78 is 17.6. The molecule has 0 N–H and O–H groups in total. The van der Waals surface area contributed by atoms with Gasteiger partial charge in [-0.3, -0.25) is 0 Å². The molecule has 0 radical (unpaired) electrons. The molecule has 0 spiro atoms. The highest BCUT2D eigenvalue weighted by Crippen LogP contribution is 2.28. The third-order valence-corrected chi connectivity index (χ3v) is 10.2. The maximum absolute atomic E-state index is 11.5. The summed E-state index contributed by atoms with van der Waals surface area (Å²) in [4.78, 5) is 11.5. The second kappa shape index (κ2) is 12.9. The van der Waals surface area contributed by atoms with Gasteiger partial charge in [0.05, 0.1) is 26.4 Å². The van der Waals surface area contributed by atoms with Crippen LogP contribution in [0.25, 0.3) is 0 Å². The van der Waals surface area contributed by atoms with Gasteiger partial charge in [-0.1, -0.05) is 45.9 Å². The molecule has 0 saturated heterocycles. The van der Waals surface area contributed by atoms with Gasteiger partial charge in [0.15, 0.2) is 8.32 Å². The zero-order valence-electron chi connectivity index (χ0n) is 18.5. The summed E-state index contributed by atoms with van der Waals surface area (Å²) in [5, 5.41) is 0. The van der Waals surface area contributed by atoms with Crippen molar-refractivity contribution in [3.8, 4) is 5.75 Å². The van der Waals surface area contributed by atoms with Crippen LogP contribution < -0.4 is 4.74 Å². The number of ether oxygens (including phenoxy) is 2. The van der Waals surface area contributed by atoms with Crippen molar-refractivity contribution in [2.45, 2.75) is 71.9 Å². The van der Waals surface area contributed by atoms with E-state index in [1.807, 2.05) is 31.2 Å². The van der Waals surface area contributed by atoms with E-state index in [4.69, 9.17) is 13.9 Å². The molecule has 5 heteroatoms. The van der Waals surface area contributed by atoms with E-state index < -0.39 is 8.32 Å². The predicted molar refractivity (Wildman–Crippen MR) is 118 cm³/mol. The minimum atomic E-state index is -1.77. The highest BCUT2D eigenvalue weighted by atomic mass is 28.4. The minimum absolute atomic E-state index is 0.120. The van der Waals surface area contributed by atoms with Crippen LogP contribution in [0.3, 0.4) is 0 Å². The van der Waals surface area contributed by atoms with Crippen molar-refractivity contribution >= 4 is 14.6 Å². The van der Waals surface area contributed by atoms with E-state index >= 15 is 0 Å². The fourth-order valence-electron chi connectivity index (χ4n) is 3.35. The van der Waals surface area contributed by atoms with Crippen molar-refractivity contribution in [1.82, 2.24) is 0 Å². The van der Waals surface area contributed by atoms with E-state index in [9.17, 15) is 4.79 Å². The SMILES string of the molecule is CC[Si](CC)(CC)O[C@@H](/C(C)=C/CCOCc1ccc(OC)cc1)[C@H](C)C=O. The van der Waals surface area contributed by atoms with Gasteiger partial charge in [-0.2, -0.15) is 0 Å². The number of hydrogen-bond donors (Lipinski definition) is 0. The van der Waals surface area contributed by atoms with E-state index in [0.717, 1.165) is 47.7 Å². The molecule has 0 fully saturated rings. The summed E-state index contributed by atoms with van der Waals surface area (Å²) >= 11 is 0. The topological polar surface area (TPSA) is 44.8 Å². The molecule has 28 heavy (non-hydrogen) atoms. The Hall–Kier alpha value is -1.43. The van der Waals surface area contributed by atoms with E-state index in [1.54, 1.807) is 7.11 Å². The number of carbonyl (C=O) groups excluding carboxylic acids is 1. The largest absolute Gasteiger partial charge is 0.497 e. The van der Waals surface area contributed by atoms with Gasteiger partial charge in [0.1, 0.15) is 12.0 Å². The van der Waals surface area contributed by atoms with Crippen LogP contribution in [0.1, 0.15) is 46.6 Å². The van der Waals surface area contributed by atoms with Gasteiger partial charge in [-0.25, -0.2) is 0 Å². The molecule has 2 atom stereocenters. The molecule has 0 aromatic heterocycles. The molecule has 0 aliphatic carbocycles. The number of rotatable bonds is 14. The minimum Gasteiger partial charge on any atom is -0.497 e. The van der Waals surface area contributed by atoms with Crippen LogP contribution in [0.5, 0.6) is 5.75 Å². The molecule has 1 rings (SSSR count). The molecule has 0 amide bonds. The summed E-state index contributed by atoms with van der Waals surface area (Å²) in [5.41, 5.74) is 2.27. The van der Waals surface area contributed by atoms with Gasteiger partial charge in [0.25, 0.3) is 0 Å². The normalized spacial score (nSPS) is 14.6. The first kappa shape index (κ1) is 24.6. The molecule has 158 valence electrons. The number of carbonyl (C=O) groups is 1. The van der Waals surface area contributed by atoms with Gasteiger partial charge < -0.3 is 18.7 Å². The van der Waals surface area contributed by atoms with Gasteiger partial charge >= 0.3 is 0 Å². The highest BCUT2D eigenvalue weighted by molar-refractivity contribution is 6.73. The zero-order chi connectivity index (χ0) is 21.0. The van der Waals surface area contributed by atoms with Gasteiger partial charge in [0.2, 0.25) is 0 Å². The Balaban J connectivity index is 2.61. The number of aldehydes is 1. The van der Waals surface area contributed by atoms with E-state index in [1.165, 1.54) is 0 Å². The monoisotopic (exact) mass is 406 g/mol. The molecule has 0 saturated carbocycles. The first-order valence-corrected chi connectivity index (χ1v) is 13.0. The molecule has 0 aliphatic rings. The second-order valence-corrected chi connectivity index (χ2v) is 12.1. The summed E-state index contributed by atoms with van der Waals surface area (Å²) in [5.74, 6) is 0.719. The molecular formula is C23H38O4Si. The molecule has 0 bridgehead atoms. The van der Waals surface area contributed by atoms with Crippen LogP contribution in [0.2, 0.25) is 18.1 Å². The van der Waals surface area contributed by atoms with Crippen molar-refractivity contribution in [1.29, 1.82) is 0 Å². The molecule has 1 aromatic rings. The standard InChI is InChI=1S/C23H38O4Si/c1-7-28(8-2,9-3)27-23(20(5)17-24)19(4)11-10-16-26-18-21-12-14-22(25-6)15-13-21/h11-15,17,20,23H,7-10,16,18H2,1-6H3/b19-11+/t20-,23+/m1/s1. The van der Waals surface area contributed by atoms with Crippen molar-refractivity contribution in [2.24, 2.45) is 5.92 Å². The van der Waals surface area contributed by atoms with Crippen LogP contribution in [0.4, 0.5) is 0 Å². The summed E-state index contributed by atoms with van der Waals surface area (Å²) in [6.45, 7) is 11.9. The molecule has 1 aromatic carbocycles. The Kier molecular flexibility index (Phi) is 11.3. The maximum atomic E-state index is 11.5. The van der Waals surface area contributed by atoms with Crippen molar-refractivity contribution < 1.29 is 18.7 Å². The lowest BCUT2D eigenvalue weighted by Crippen LogP contribution is -2.42. The van der Waals surface area contributed by atoms with Crippen molar-refractivity contribution in [3.05, 3.63) is 41.5 Å². The van der Waals surface area contributed by atoms with Gasteiger partial charge in [0, 0.05) is 5.92 Å². The zero-order valence-corrected chi connectivity index (χ0v) is 19.5. The lowest BCUT2D eigenvalue weighted by Gasteiger charge is -2.35. The first-order valence-electron chi connectivity index (χ1n) is 10.5. The second-order valence-electron chi connectivity index (χ2n) is 7.41. The molecule has 0 aliphatic heterocycles. The average molecular weight is 407 g/mol. The van der Waals surface area contributed by atoms with Crippen LogP contribution in [0, 0.1) is 5.92 Å². The Morgan fingerprint density at radius 3 is 2.21 bits per heavy atom. The Labute approximate surface area is 172 Å². The number of methoxy groups -OCH3 is 1. The van der Waals surface area contributed by atoms with Gasteiger partial charge in [-0.05, 0) is 54.7 Å². The summed E-state index contributed by atoms with van der Waals surface area (Å²) in [6, 6.07) is 11.2. The lowest BCUT2D eigenvalue weighted by atomic mass is 9.99. The highest BCUT2D eigenvalue weighted by Gasteiger charge is 2.34. The van der Waals surface area contributed by atoms with Crippen LogP contribution in [-0.2, 0) is 20.6 Å². The third kappa shape index (κ3) is 7.53. The molecule has 0 unspecified atom stereocenters. The van der Waals surface area contributed by atoms with E-state index in [0.29, 0.717) is 13.2 Å². The van der Waals surface area contributed by atoms with Crippen LogP contribution >= 0.6 is 0 Å². The Morgan fingerprint density at radius 2 is 1.71 bits per heavy atom. The van der Waals surface area contributed by atoms with Crippen LogP contribution in [-0.4, -0.2) is 34.4 Å². The smallest absolute Gasteiger partial charge is 0.192 e. The van der Waals surface area contributed by atoms with Crippen molar-refractivity contribution in [2.75, 3.05) is 13.7 Å². The number of benzene rings is 1. The Bertz CT molecular complexity index is 585. The number of hydrogen-bond acceptors (Lipinski definition) is 4. The molecular weight excluding hydrogens is 368 g/mol. The third-order valence-electron chi connectivity index (χ3n) is 5.61. The van der Waals surface area contributed by atoms with Crippen LogP contribution in [0.15, 0.2) is 35.9 Å². The van der Waals surface area contributed by atoms with E-state index in [2.05, 4.69) is 33.8 Å². The summed E-state index contributed by atoms with van der Waals surface area (Å²) in [6.07, 6.45) is 3.87. The average Bonchev–Trinajstić information content (AvgIpc) is 2.74. The van der Waals surface area contributed by atoms with Crippen molar-refractivity contribution in [3.63, 3.8) is 0 Å². The fraction of sp³-hybridized carbons (Fsp3) is 0.609. The summed E-state index contributed by atoms with van der Waals surface area (Å²) in [7, 11) is -0.107. The quantitative estimate of drug-likeness (QED) is 0.170. The molecule has 0 heterocycles.